The SMILES string of the molecule is C=C(N)/C=C(C=Cc1ccccc1C)\C=C/N. The van der Waals surface area contributed by atoms with Gasteiger partial charge in [-0.2, -0.15) is 0 Å². The number of nitrogens with two attached hydrogens (primary N) is 2. The Labute approximate surface area is 103 Å². The van der Waals surface area contributed by atoms with Crippen LogP contribution in [0.5, 0.6) is 0 Å². The van der Waals surface area contributed by atoms with E-state index in [9.17, 15) is 0 Å². The zero-order chi connectivity index (χ0) is 12.7. The van der Waals surface area contributed by atoms with E-state index < -0.39 is 0 Å². The Morgan fingerprint density at radius 3 is 2.53 bits per heavy atom. The van der Waals surface area contributed by atoms with Gasteiger partial charge in [0.05, 0.1) is 0 Å². The lowest BCUT2D eigenvalue weighted by Gasteiger charge is -1.99. The molecule has 0 saturated heterocycles. The van der Waals surface area contributed by atoms with E-state index in [1.165, 1.54) is 17.3 Å². The highest BCUT2D eigenvalue weighted by molar-refractivity contribution is 5.58. The highest BCUT2D eigenvalue weighted by Crippen LogP contribution is 2.11. The molecule has 4 N–H and O–H groups in total. The average molecular weight is 226 g/mol. The molecule has 2 heteroatoms. The normalized spacial score (nSPS) is 12.4. The van der Waals surface area contributed by atoms with E-state index in [0.717, 1.165) is 5.57 Å². The third-order valence-electron chi connectivity index (χ3n) is 2.28. The second-order valence-electron chi connectivity index (χ2n) is 3.77. The lowest BCUT2D eigenvalue weighted by Crippen LogP contribution is -1.91. The number of benzene rings is 1. The molecule has 1 aromatic carbocycles. The Balaban J connectivity index is 2.95. The van der Waals surface area contributed by atoms with Gasteiger partial charge >= 0.3 is 0 Å². The van der Waals surface area contributed by atoms with Gasteiger partial charge in [-0.05, 0) is 42.0 Å². The average Bonchev–Trinajstić information content (AvgIpc) is 2.27. The van der Waals surface area contributed by atoms with Crippen molar-refractivity contribution < 1.29 is 0 Å². The molecule has 0 bridgehead atoms. The molecular formula is C15H18N2. The molecule has 0 aromatic heterocycles. The maximum Gasteiger partial charge on any atom is 0.0246 e. The molecule has 17 heavy (non-hydrogen) atoms. The topological polar surface area (TPSA) is 52.0 Å². The van der Waals surface area contributed by atoms with Gasteiger partial charge in [-0.3, -0.25) is 0 Å². The number of rotatable bonds is 4. The van der Waals surface area contributed by atoms with E-state index in [-0.39, 0.29) is 0 Å². The molecule has 1 rings (SSSR count). The second kappa shape index (κ2) is 6.38. The van der Waals surface area contributed by atoms with E-state index in [1.54, 1.807) is 12.2 Å². The smallest absolute Gasteiger partial charge is 0.0246 e. The van der Waals surface area contributed by atoms with Crippen LogP contribution in [0.3, 0.4) is 0 Å². The van der Waals surface area contributed by atoms with Gasteiger partial charge in [0.15, 0.2) is 0 Å². The van der Waals surface area contributed by atoms with Crippen LogP contribution < -0.4 is 11.5 Å². The third-order valence-corrected chi connectivity index (χ3v) is 2.28. The lowest BCUT2D eigenvalue weighted by atomic mass is 10.1. The first-order valence-electron chi connectivity index (χ1n) is 5.41. The number of hydrogen-bond acceptors (Lipinski definition) is 2. The molecular weight excluding hydrogens is 208 g/mol. The Morgan fingerprint density at radius 1 is 1.24 bits per heavy atom. The molecule has 0 fully saturated rings. The Morgan fingerprint density at radius 2 is 1.94 bits per heavy atom. The Hall–Kier alpha value is -2.22. The molecule has 0 aliphatic carbocycles. The van der Waals surface area contributed by atoms with E-state index in [4.69, 9.17) is 11.5 Å². The molecule has 0 aliphatic rings. The minimum absolute atomic E-state index is 0.507. The third kappa shape index (κ3) is 4.43. The monoisotopic (exact) mass is 226 g/mol. The Bertz CT molecular complexity index is 479. The van der Waals surface area contributed by atoms with Gasteiger partial charge in [0.1, 0.15) is 0 Å². The molecule has 88 valence electrons. The quantitative estimate of drug-likeness (QED) is 0.776. The molecule has 1 aromatic rings. The van der Waals surface area contributed by atoms with Crippen molar-refractivity contribution in [2.24, 2.45) is 11.5 Å². The summed E-state index contributed by atoms with van der Waals surface area (Å²) in [5.74, 6) is 0. The highest BCUT2D eigenvalue weighted by Gasteiger charge is 1.92. The van der Waals surface area contributed by atoms with Crippen LogP contribution >= 0.6 is 0 Å². The molecule has 0 heterocycles. The lowest BCUT2D eigenvalue weighted by molar-refractivity contribution is 1.42. The van der Waals surface area contributed by atoms with Gasteiger partial charge in [-0.1, -0.05) is 43.0 Å². The summed E-state index contributed by atoms with van der Waals surface area (Å²) in [5, 5.41) is 0. The van der Waals surface area contributed by atoms with Gasteiger partial charge in [0.2, 0.25) is 0 Å². The van der Waals surface area contributed by atoms with Crippen molar-refractivity contribution in [2.75, 3.05) is 0 Å². The van der Waals surface area contributed by atoms with Crippen LogP contribution in [0.15, 0.2) is 66.5 Å². The molecule has 0 atom stereocenters. The fraction of sp³-hybridized carbons (Fsp3) is 0.0667. The maximum absolute atomic E-state index is 5.54. The number of allylic oxidation sites excluding steroid dienone is 4. The van der Waals surface area contributed by atoms with Crippen molar-refractivity contribution >= 4 is 6.08 Å². The van der Waals surface area contributed by atoms with Gasteiger partial charge in [-0.15, -0.1) is 0 Å². The van der Waals surface area contributed by atoms with E-state index in [1.807, 2.05) is 24.3 Å². The maximum atomic E-state index is 5.54. The first-order valence-corrected chi connectivity index (χ1v) is 5.41. The van der Waals surface area contributed by atoms with E-state index >= 15 is 0 Å². The fourth-order valence-corrected chi connectivity index (χ4v) is 1.44. The van der Waals surface area contributed by atoms with Crippen molar-refractivity contribution in [3.8, 4) is 0 Å². The summed E-state index contributed by atoms with van der Waals surface area (Å²) < 4.78 is 0. The highest BCUT2D eigenvalue weighted by atomic mass is 14.5. The van der Waals surface area contributed by atoms with Crippen LogP contribution in [0.1, 0.15) is 11.1 Å². The summed E-state index contributed by atoms with van der Waals surface area (Å²) >= 11 is 0. The minimum Gasteiger partial charge on any atom is -0.405 e. The minimum atomic E-state index is 0.507. The van der Waals surface area contributed by atoms with Crippen molar-refractivity contribution in [1.29, 1.82) is 0 Å². The van der Waals surface area contributed by atoms with Gasteiger partial charge in [0, 0.05) is 5.70 Å². The van der Waals surface area contributed by atoms with Gasteiger partial charge in [-0.25, -0.2) is 0 Å². The molecule has 0 saturated carbocycles. The zero-order valence-corrected chi connectivity index (χ0v) is 10.1. The van der Waals surface area contributed by atoms with Gasteiger partial charge < -0.3 is 11.5 Å². The first kappa shape index (κ1) is 12.8. The largest absolute Gasteiger partial charge is 0.405 e. The Kier molecular flexibility index (Phi) is 4.82. The van der Waals surface area contributed by atoms with E-state index in [0.29, 0.717) is 5.70 Å². The summed E-state index contributed by atoms with van der Waals surface area (Å²) in [6, 6.07) is 8.16. The van der Waals surface area contributed by atoms with Crippen molar-refractivity contribution in [2.45, 2.75) is 6.92 Å². The van der Waals surface area contributed by atoms with Crippen LogP contribution in [0.4, 0.5) is 0 Å². The standard InChI is InChI=1S/C15H18N2/c1-12-5-3-4-6-15(12)8-7-14(9-10-16)11-13(2)17/h3-11H,2,16-17H2,1H3/b8-7?,10-9-,14-11-. The summed E-state index contributed by atoms with van der Waals surface area (Å²) in [6.45, 7) is 5.72. The molecule has 2 nitrogen and oxygen atoms in total. The summed E-state index contributed by atoms with van der Waals surface area (Å²) in [5.41, 5.74) is 14.7. The van der Waals surface area contributed by atoms with Crippen LogP contribution in [-0.2, 0) is 0 Å². The molecule has 0 unspecified atom stereocenters. The predicted octanol–water partition coefficient (Wildman–Crippen LogP) is 2.88. The molecule has 0 spiro atoms. The second-order valence-corrected chi connectivity index (χ2v) is 3.77. The molecule has 0 radical (unpaired) electrons. The van der Waals surface area contributed by atoms with Crippen molar-refractivity contribution in [3.63, 3.8) is 0 Å². The summed E-state index contributed by atoms with van der Waals surface area (Å²) in [6.07, 6.45) is 9.04. The number of hydrogen-bond donors (Lipinski definition) is 2. The van der Waals surface area contributed by atoms with Crippen molar-refractivity contribution in [3.05, 3.63) is 77.7 Å². The van der Waals surface area contributed by atoms with Crippen LogP contribution in [-0.4, -0.2) is 0 Å². The summed E-state index contributed by atoms with van der Waals surface area (Å²) in [7, 11) is 0. The molecule has 0 amide bonds. The zero-order valence-electron chi connectivity index (χ0n) is 10.1. The predicted molar refractivity (Wildman–Crippen MR) is 75.0 cm³/mol. The first-order chi connectivity index (χ1) is 8.13. The van der Waals surface area contributed by atoms with Gasteiger partial charge in [0.25, 0.3) is 0 Å². The van der Waals surface area contributed by atoms with Crippen LogP contribution in [0, 0.1) is 6.92 Å². The molecule has 0 aliphatic heterocycles. The van der Waals surface area contributed by atoms with Crippen LogP contribution in [0.25, 0.3) is 6.08 Å². The van der Waals surface area contributed by atoms with Crippen molar-refractivity contribution in [1.82, 2.24) is 0 Å². The fourth-order valence-electron chi connectivity index (χ4n) is 1.44. The summed E-state index contributed by atoms with van der Waals surface area (Å²) in [4.78, 5) is 0. The van der Waals surface area contributed by atoms with Crippen LogP contribution in [0.2, 0.25) is 0 Å². The van der Waals surface area contributed by atoms with E-state index in [2.05, 4.69) is 25.6 Å². The number of aryl methyl sites for hydroxylation is 1.